The zero-order valence-electron chi connectivity index (χ0n) is 14.1. The van der Waals surface area contributed by atoms with E-state index in [1.807, 2.05) is 20.2 Å². The Morgan fingerprint density at radius 1 is 1.10 bits per heavy atom. The third-order valence-electron chi connectivity index (χ3n) is 5.40. The summed E-state index contributed by atoms with van der Waals surface area (Å²) in [6, 6.07) is 0. The number of rotatable bonds is 3. The Morgan fingerprint density at radius 3 is 2.33 bits per heavy atom. The summed E-state index contributed by atoms with van der Waals surface area (Å²) in [5, 5.41) is 4.36. The zero-order valence-corrected chi connectivity index (χ0v) is 14.1. The van der Waals surface area contributed by atoms with Gasteiger partial charge in [0.25, 0.3) is 0 Å². The Balaban J connectivity index is 0.000000774. The fraction of sp³-hybridized carbons (Fsp3) is 0.882. The van der Waals surface area contributed by atoms with E-state index >= 15 is 0 Å². The molecule has 0 N–H and O–H groups in total. The molecular formula is C17H32N4. The zero-order chi connectivity index (χ0) is 15.1. The second-order valence-corrected chi connectivity index (χ2v) is 6.59. The van der Waals surface area contributed by atoms with Crippen molar-refractivity contribution in [2.75, 3.05) is 20.1 Å². The van der Waals surface area contributed by atoms with Crippen molar-refractivity contribution in [3.63, 3.8) is 0 Å². The number of aromatic nitrogens is 3. The molecule has 2 fully saturated rings. The summed E-state index contributed by atoms with van der Waals surface area (Å²) in [6.07, 6.45) is 13.4. The number of nitrogens with zero attached hydrogens (tertiary/aromatic N) is 4. The molecule has 1 aromatic heterocycles. The Bertz CT molecular complexity index is 374. The van der Waals surface area contributed by atoms with Gasteiger partial charge in [-0.2, -0.15) is 5.10 Å². The summed E-state index contributed by atoms with van der Waals surface area (Å²) >= 11 is 0. The van der Waals surface area contributed by atoms with Crippen molar-refractivity contribution in [2.24, 2.45) is 11.3 Å². The van der Waals surface area contributed by atoms with Crippen molar-refractivity contribution in [3.05, 3.63) is 12.7 Å². The first-order chi connectivity index (χ1) is 10.3. The van der Waals surface area contributed by atoms with Crippen LogP contribution in [0.15, 0.2) is 12.7 Å². The van der Waals surface area contributed by atoms with Crippen LogP contribution in [0, 0.1) is 11.3 Å². The van der Waals surface area contributed by atoms with E-state index in [1.54, 1.807) is 6.33 Å². The van der Waals surface area contributed by atoms with Crippen molar-refractivity contribution in [2.45, 2.75) is 65.3 Å². The van der Waals surface area contributed by atoms with Crippen molar-refractivity contribution in [1.82, 2.24) is 19.7 Å². The van der Waals surface area contributed by atoms with E-state index in [0.29, 0.717) is 5.41 Å². The highest BCUT2D eigenvalue weighted by atomic mass is 15.3. The molecule has 1 saturated heterocycles. The molecular weight excluding hydrogens is 260 g/mol. The molecule has 0 radical (unpaired) electrons. The molecule has 4 nitrogen and oxygen atoms in total. The fourth-order valence-electron chi connectivity index (χ4n) is 4.11. The van der Waals surface area contributed by atoms with Crippen LogP contribution in [-0.4, -0.2) is 39.8 Å². The minimum atomic E-state index is 0.473. The highest BCUT2D eigenvalue weighted by Gasteiger charge is 2.41. The Kier molecular flexibility index (Phi) is 6.22. The van der Waals surface area contributed by atoms with Crippen LogP contribution in [0.4, 0.5) is 0 Å². The molecule has 1 saturated carbocycles. The maximum absolute atomic E-state index is 4.36. The summed E-state index contributed by atoms with van der Waals surface area (Å²) in [4.78, 5) is 6.59. The smallest absolute Gasteiger partial charge is 0.137 e. The van der Waals surface area contributed by atoms with Gasteiger partial charge in [-0.3, -0.25) is 4.68 Å². The molecule has 0 amide bonds. The molecule has 3 rings (SSSR count). The van der Waals surface area contributed by atoms with Gasteiger partial charge in [0.2, 0.25) is 0 Å². The van der Waals surface area contributed by atoms with Gasteiger partial charge < -0.3 is 4.90 Å². The molecule has 1 aliphatic carbocycles. The number of likely N-dealkylation sites (tertiary alicyclic amines) is 1. The molecule has 0 spiro atoms. The minimum absolute atomic E-state index is 0.473. The summed E-state index contributed by atoms with van der Waals surface area (Å²) in [5.41, 5.74) is 0.473. The van der Waals surface area contributed by atoms with E-state index in [-0.39, 0.29) is 0 Å². The van der Waals surface area contributed by atoms with E-state index in [4.69, 9.17) is 0 Å². The van der Waals surface area contributed by atoms with Gasteiger partial charge >= 0.3 is 0 Å². The third kappa shape index (κ3) is 4.06. The molecule has 0 atom stereocenters. The van der Waals surface area contributed by atoms with Gasteiger partial charge in [0.1, 0.15) is 12.7 Å². The Morgan fingerprint density at radius 2 is 1.76 bits per heavy atom. The van der Waals surface area contributed by atoms with E-state index in [0.717, 1.165) is 12.5 Å². The lowest BCUT2D eigenvalue weighted by Gasteiger charge is -2.47. The molecule has 4 heteroatoms. The first-order valence-corrected chi connectivity index (χ1v) is 8.79. The molecule has 1 aromatic rings. The highest BCUT2D eigenvalue weighted by molar-refractivity contribution is 4.92. The molecule has 0 bridgehead atoms. The van der Waals surface area contributed by atoms with Gasteiger partial charge in [-0.15, -0.1) is 0 Å². The van der Waals surface area contributed by atoms with Crippen LogP contribution in [-0.2, 0) is 6.54 Å². The van der Waals surface area contributed by atoms with Gasteiger partial charge in [0.15, 0.2) is 0 Å². The van der Waals surface area contributed by atoms with Crippen LogP contribution in [0.25, 0.3) is 0 Å². The maximum atomic E-state index is 4.36. The summed E-state index contributed by atoms with van der Waals surface area (Å²) in [5.74, 6) is 0.902. The SMILES string of the molecule is CC.CN1CCC(Cn2cncn2)(C2CCCCC2)CC1. The first kappa shape index (κ1) is 16.5. The lowest BCUT2D eigenvalue weighted by Crippen LogP contribution is -2.45. The molecule has 1 aliphatic heterocycles. The first-order valence-electron chi connectivity index (χ1n) is 8.79. The molecule has 21 heavy (non-hydrogen) atoms. The van der Waals surface area contributed by atoms with Gasteiger partial charge in [0, 0.05) is 6.54 Å². The van der Waals surface area contributed by atoms with Crippen LogP contribution in [0.5, 0.6) is 0 Å². The molecule has 2 heterocycles. The Hall–Kier alpha value is -0.900. The highest BCUT2D eigenvalue weighted by Crippen LogP contribution is 2.46. The normalized spacial score (nSPS) is 23.4. The number of hydrogen-bond donors (Lipinski definition) is 0. The van der Waals surface area contributed by atoms with E-state index < -0.39 is 0 Å². The van der Waals surface area contributed by atoms with E-state index in [2.05, 4.69) is 26.7 Å². The number of piperidine rings is 1. The van der Waals surface area contributed by atoms with Crippen molar-refractivity contribution < 1.29 is 0 Å². The van der Waals surface area contributed by atoms with Gasteiger partial charge in [0.05, 0.1) is 0 Å². The largest absolute Gasteiger partial charge is 0.306 e. The molecule has 0 aromatic carbocycles. The van der Waals surface area contributed by atoms with Crippen LogP contribution in [0.1, 0.15) is 58.8 Å². The molecule has 0 unspecified atom stereocenters. The van der Waals surface area contributed by atoms with Crippen LogP contribution >= 0.6 is 0 Å². The lowest BCUT2D eigenvalue weighted by molar-refractivity contribution is 0.0188. The van der Waals surface area contributed by atoms with Gasteiger partial charge in [-0.1, -0.05) is 33.1 Å². The topological polar surface area (TPSA) is 34.0 Å². The van der Waals surface area contributed by atoms with E-state index in [1.165, 1.54) is 58.0 Å². The van der Waals surface area contributed by atoms with Crippen LogP contribution < -0.4 is 0 Å². The van der Waals surface area contributed by atoms with Gasteiger partial charge in [-0.25, -0.2) is 4.98 Å². The molecule has 120 valence electrons. The predicted octanol–water partition coefficient (Wildman–Crippen LogP) is 3.60. The average molecular weight is 292 g/mol. The third-order valence-corrected chi connectivity index (χ3v) is 5.40. The van der Waals surface area contributed by atoms with Crippen molar-refractivity contribution >= 4 is 0 Å². The van der Waals surface area contributed by atoms with Gasteiger partial charge in [-0.05, 0) is 57.2 Å². The summed E-state index contributed by atoms with van der Waals surface area (Å²) in [6.45, 7) is 7.56. The standard InChI is InChI=1S/C15H26N4.C2H6/c1-18-9-7-15(8-10-18,11-19-13-16-12-17-19)14-5-3-2-4-6-14;1-2/h12-14H,2-11H2,1H3;1-2H3. The van der Waals surface area contributed by atoms with Crippen molar-refractivity contribution in [1.29, 1.82) is 0 Å². The Labute approximate surface area is 129 Å². The van der Waals surface area contributed by atoms with E-state index in [9.17, 15) is 0 Å². The summed E-state index contributed by atoms with van der Waals surface area (Å²) in [7, 11) is 2.25. The number of hydrogen-bond acceptors (Lipinski definition) is 3. The maximum Gasteiger partial charge on any atom is 0.137 e. The minimum Gasteiger partial charge on any atom is -0.306 e. The fourth-order valence-corrected chi connectivity index (χ4v) is 4.11. The quantitative estimate of drug-likeness (QED) is 0.853. The van der Waals surface area contributed by atoms with Crippen LogP contribution in [0.2, 0.25) is 0 Å². The van der Waals surface area contributed by atoms with Crippen molar-refractivity contribution in [3.8, 4) is 0 Å². The predicted molar refractivity (Wildman–Crippen MR) is 87.1 cm³/mol. The van der Waals surface area contributed by atoms with Crippen LogP contribution in [0.3, 0.4) is 0 Å². The lowest BCUT2D eigenvalue weighted by atomic mass is 9.64. The summed E-state index contributed by atoms with van der Waals surface area (Å²) < 4.78 is 2.07. The second kappa shape index (κ2) is 7.92. The molecule has 2 aliphatic rings. The second-order valence-electron chi connectivity index (χ2n) is 6.59. The monoisotopic (exact) mass is 292 g/mol. The average Bonchev–Trinajstić information content (AvgIpc) is 3.05.